The maximum Gasteiger partial charge on any atom is 1.00 e. The molecule has 2 aliphatic rings. The Kier molecular flexibility index (Phi) is 66.0. The van der Waals surface area contributed by atoms with Crippen molar-refractivity contribution in [3.05, 3.63) is 255 Å². The Labute approximate surface area is 950 Å². The van der Waals surface area contributed by atoms with Crippen LogP contribution in [0, 0.1) is 40.7 Å². The molecule has 0 aliphatic carbocycles. The summed E-state index contributed by atoms with van der Waals surface area (Å²) in [4.78, 5) is 42.0. The number of rotatable bonds is 13. The van der Waals surface area contributed by atoms with E-state index in [1.807, 2.05) is 0 Å². The summed E-state index contributed by atoms with van der Waals surface area (Å²) in [6, 6.07) is 11.9. The molecule has 7 aromatic carbocycles. The van der Waals surface area contributed by atoms with Gasteiger partial charge in [0.1, 0.15) is 44.4 Å². The van der Waals surface area contributed by atoms with Gasteiger partial charge in [0, 0.05) is 53.1 Å². The third kappa shape index (κ3) is 55.6. The first kappa shape index (κ1) is 142. The van der Waals surface area contributed by atoms with E-state index in [4.69, 9.17) is 102 Å². The monoisotopic (exact) mass is 2350 g/mol. The summed E-state index contributed by atoms with van der Waals surface area (Å²) in [5.74, 6) is -11.4. The Morgan fingerprint density at radius 2 is 0.915 bits per heavy atom. The van der Waals surface area contributed by atoms with E-state index in [0.717, 1.165) is 36.5 Å². The molecule has 0 amide bonds. The molecule has 18 nitrogen and oxygen atoms in total. The second-order valence-corrected chi connectivity index (χ2v) is 32.9. The van der Waals surface area contributed by atoms with E-state index in [0.29, 0.717) is 84.9 Å². The van der Waals surface area contributed by atoms with Gasteiger partial charge in [-0.25, -0.2) is 30.7 Å². The van der Waals surface area contributed by atoms with Crippen LogP contribution in [0.15, 0.2) is 156 Å². The van der Waals surface area contributed by atoms with Gasteiger partial charge in [0.05, 0.1) is 57.9 Å². The summed E-state index contributed by atoms with van der Waals surface area (Å²) in [5.41, 5.74) is -10.3. The molecule has 4 N–H and O–H groups in total. The molecule has 4 heterocycles. The number of furan rings is 2. The molecule has 3 unspecified atom stereocenters. The maximum atomic E-state index is 13.6. The first-order valence-electron chi connectivity index (χ1n) is 37.5. The minimum Gasteiger partial charge on any atom is -1.00 e. The van der Waals surface area contributed by atoms with Gasteiger partial charge in [0.25, 0.3) is 9.72 Å². The molecule has 0 bridgehead atoms. The number of allylic oxidation sites excluding steroid dienone is 2. The molecule has 141 heavy (non-hydrogen) atoms. The predicted molar refractivity (Wildman–Crippen MR) is 448 cm³/mol. The van der Waals surface area contributed by atoms with E-state index in [1.165, 1.54) is 19.1 Å². The molecule has 774 valence electrons. The zero-order chi connectivity index (χ0) is 109. The summed E-state index contributed by atoms with van der Waals surface area (Å²) in [6.45, 7) is 21.2. The summed E-state index contributed by atoms with van der Waals surface area (Å²) >= 11 is 25.5. The van der Waals surface area contributed by atoms with Crippen LogP contribution in [-0.2, 0) is 91.4 Å². The van der Waals surface area contributed by atoms with E-state index in [-0.39, 0.29) is 229 Å². The van der Waals surface area contributed by atoms with E-state index in [9.17, 15) is 147 Å². The zero-order valence-electron chi connectivity index (χ0n) is 76.5. The Morgan fingerprint density at radius 1 is 0.546 bits per heavy atom. The zero-order valence-corrected chi connectivity index (χ0v) is 90.1. The van der Waals surface area contributed by atoms with E-state index in [2.05, 4.69) is 65.6 Å². The van der Waals surface area contributed by atoms with Crippen LogP contribution in [0.3, 0.4) is 0 Å². The summed E-state index contributed by atoms with van der Waals surface area (Å²) in [7, 11) is -1.00. The fraction of sp³-hybridized carbons (Fsp3) is 0.341. The molecule has 2 aliphatic heterocycles. The van der Waals surface area contributed by atoms with Crippen LogP contribution in [-0.4, -0.2) is 104 Å². The Balaban J connectivity index is -0.000000367. The number of hydrogen-bond acceptors (Lipinski definition) is 18. The predicted octanol–water partition coefficient (Wildman–Crippen LogP) is 17.2. The van der Waals surface area contributed by atoms with Crippen molar-refractivity contribution < 1.29 is 372 Å². The van der Waals surface area contributed by atoms with Gasteiger partial charge in [-0.1, -0.05) is 124 Å². The van der Waals surface area contributed by atoms with Crippen LogP contribution >= 0.6 is 78.3 Å². The first-order chi connectivity index (χ1) is 63.3. The van der Waals surface area contributed by atoms with Crippen LogP contribution in [0.1, 0.15) is 135 Å². The van der Waals surface area contributed by atoms with Gasteiger partial charge in [0.2, 0.25) is 0 Å². The van der Waals surface area contributed by atoms with Crippen molar-refractivity contribution in [3.8, 4) is 28.7 Å². The van der Waals surface area contributed by atoms with E-state index >= 15 is 0 Å². The van der Waals surface area contributed by atoms with Crippen molar-refractivity contribution in [2.75, 3.05) is 32.3 Å². The number of phenols is 2. The number of phenolic OH excluding ortho intramolecular Hbond substituents is 2. The van der Waals surface area contributed by atoms with Crippen molar-refractivity contribution in [2.45, 2.75) is 150 Å². The molecular weight excluding hydrogens is 2280 g/mol. The topological polar surface area (TPSA) is 277 Å². The van der Waals surface area contributed by atoms with Gasteiger partial charge < -0.3 is 69.6 Å². The van der Waals surface area contributed by atoms with E-state index < -0.39 is 231 Å². The fourth-order valence-corrected chi connectivity index (χ4v) is 10.3. The first-order valence-corrected chi connectivity index (χ1v) is 40.3. The van der Waals surface area contributed by atoms with Gasteiger partial charge in [-0.15, -0.1) is 18.8 Å². The standard InChI is InChI=1S/C12H9BrF4O3.C12H10F4O3.C10H6F4O2.C10H4F4O2.2C10H8F4O.C7H4F4O.C4H10O.C4H9O.C3H5Br.CCl4.CH3F.CH2O3.3K.H/c1-5(18)19-4-8-10(13)9-6(12(15,16)17)2-3-7(14)11(9)20-8;1-6(17)18-5-7-4-8-9(12(14,15)16)2-3-10(13)11(8)19-7;2*11-8-2-1-7(10(12,13)14)6-3-5(4-15)16-9(6)8;1-2-5-15-9-6-7(10(12,13)14)3-4-8(9)11;1-2-3-6-7(10(12,13)14)4-5-8(11)9(6)15;8-5-2-1-4(3-6(5)12)7(9,10)11;2*1-4(2,3)5;1-2-3-4;2-1(3,4)5;1-2;2-1-4-3;;;;/h2-3,8,10H,4H2,1H3;2-3,7H,4-5H2,1H3;1-3,15H,4H2;1-4H;2-4,6H,1,5H2;2,4-5,15H,1,3H2;1-3,12H;5H,1-3H3;1-3H3;2H,1,3H2;;1H3;1,3H;;;;/q;;;;;;;;-1;;;;;3*+1;-1/p-1/i;;;;;;;;;;;1D;;;;;. The number of fused-ring (bicyclic) bond motifs is 4. The molecule has 0 radical (unpaired) electrons. The number of hydrogen-bond donors (Lipinski definition) is 4. The van der Waals surface area contributed by atoms with Gasteiger partial charge >= 0.3 is 209 Å². The second-order valence-electron chi connectivity index (χ2n) is 27.8. The van der Waals surface area contributed by atoms with Gasteiger partial charge in [-0.2, -0.15) is 92.2 Å². The molecular formula is C85H78Br2Cl4F29K3O18. The minimum absolute atomic E-state index is 0. The molecule has 0 saturated heterocycles. The number of carbonyl (C=O) groups is 4. The molecule has 2 aromatic heterocycles. The smallest absolute Gasteiger partial charge is 1.00 e. The number of aliphatic hydroxyl groups excluding tert-OH is 1. The van der Waals surface area contributed by atoms with Gasteiger partial charge in [0.15, 0.2) is 92.7 Å². The molecule has 11 rings (SSSR count). The third-order valence-corrected chi connectivity index (χ3v) is 16.1. The summed E-state index contributed by atoms with van der Waals surface area (Å²) in [6.07, 6.45) is -29.6. The quantitative estimate of drug-likeness (QED) is 0.0122. The fourth-order valence-electron chi connectivity index (χ4n) is 9.60. The van der Waals surface area contributed by atoms with Crippen molar-refractivity contribution in [2.24, 2.45) is 0 Å². The Bertz CT molecular complexity index is 5370. The van der Waals surface area contributed by atoms with Crippen molar-refractivity contribution in [1.82, 2.24) is 0 Å². The number of carbonyl (C=O) groups excluding carboxylic acids is 4. The van der Waals surface area contributed by atoms with E-state index in [1.54, 1.807) is 47.6 Å². The number of ether oxygens (including phenoxy) is 5. The number of benzene rings is 7. The Morgan fingerprint density at radius 3 is 1.30 bits per heavy atom. The van der Waals surface area contributed by atoms with Crippen molar-refractivity contribution in [1.29, 1.82) is 0 Å². The average Bonchev–Trinajstić information content (AvgIpc) is 1.61. The number of alkyl halides is 28. The minimum atomic E-state index is -4.62. The molecule has 9 aromatic rings. The maximum absolute atomic E-state index is 13.6. The number of aldehydes is 1. The normalized spacial score (nSPS) is 13.3. The van der Waals surface area contributed by atoms with Crippen LogP contribution in [0.5, 0.6) is 28.7 Å². The van der Waals surface area contributed by atoms with Crippen LogP contribution in [0.4, 0.5) is 127 Å². The van der Waals surface area contributed by atoms with Gasteiger partial charge in [-0.3, -0.25) is 23.6 Å². The summed E-state index contributed by atoms with van der Waals surface area (Å²) < 4.78 is 401. The summed E-state index contributed by atoms with van der Waals surface area (Å²) in [5, 5.41) is 53.6. The molecule has 56 heteroatoms. The molecule has 3 atom stereocenters. The number of aliphatic hydroxyl groups is 2. The van der Waals surface area contributed by atoms with Crippen LogP contribution in [0.25, 0.3) is 21.9 Å². The van der Waals surface area contributed by atoms with Crippen LogP contribution in [0.2, 0.25) is 0 Å². The van der Waals surface area contributed by atoms with Crippen molar-refractivity contribution in [3.63, 3.8) is 0 Å². The SMILES string of the molecule is C=CCBr.C=CCOc1cc(C(F)(F)F)ccc1F.C=CCc1c(C(F)(F)F)ccc(F)c1O.CC(=O)OCC1Cc2c(C(F)(F)F)ccc(F)c2O1.CC(=O)OCC1Oc2c(F)ccc(C(F)(F)F)c2C1Br.CC(C)(C)O.CC(C)(C)[O-].ClC(Cl)(Cl)Cl.O=CO[O-].O=Cc1cc2c(C(F)(F)F)ccc(F)c2o1.OCc1cc2c(C(F)(F)F)ccc(F)c2o1.Oc1cc(C(F)(F)F)ccc1F.[2H]CF.[H-].[K+].[K+].[K+]. The molecule has 0 saturated carbocycles. The number of halogens is 35. The number of esters is 2. The number of aromatic hydroxyl groups is 2. The van der Waals surface area contributed by atoms with Crippen molar-refractivity contribution >= 4 is 125 Å². The molecule has 0 spiro atoms. The second kappa shape index (κ2) is 65.6. The third-order valence-electron chi connectivity index (χ3n) is 14.6. The average molecular weight is 2360 g/mol. The van der Waals surface area contributed by atoms with Gasteiger partial charge in [-0.05, 0) is 136 Å². The Hall–Kier alpha value is -5.24. The molecule has 0 fully saturated rings. The van der Waals surface area contributed by atoms with Crippen LogP contribution < -0.4 is 179 Å². The largest absolute Gasteiger partial charge is 1.00 e.